The molecule has 0 aliphatic carbocycles. The summed E-state index contributed by atoms with van der Waals surface area (Å²) >= 11 is 24.3. The third-order valence-corrected chi connectivity index (χ3v) is 5.75. The van der Waals surface area contributed by atoms with E-state index in [1.54, 1.807) is 48.5 Å². The Kier molecular flexibility index (Phi) is 7.20. The lowest BCUT2D eigenvalue weighted by molar-refractivity contribution is -0.117. The van der Waals surface area contributed by atoms with Gasteiger partial charge in [0, 0.05) is 23.5 Å². The van der Waals surface area contributed by atoms with Gasteiger partial charge in [-0.25, -0.2) is 4.39 Å². The molecular weight excluding hydrogens is 511 g/mol. The highest BCUT2D eigenvalue weighted by atomic mass is 35.5. The van der Waals surface area contributed by atoms with Crippen molar-refractivity contribution in [2.45, 2.75) is 11.4 Å². The molecule has 0 bridgehead atoms. The molecule has 168 valence electrons. The monoisotopic (exact) mass is 523 g/mol. The molecule has 0 atom stereocenters. The van der Waals surface area contributed by atoms with Crippen LogP contribution < -0.4 is 4.90 Å². The van der Waals surface area contributed by atoms with Crippen molar-refractivity contribution in [1.82, 2.24) is 10.1 Å². The van der Waals surface area contributed by atoms with Crippen molar-refractivity contribution < 1.29 is 13.7 Å². The maximum absolute atomic E-state index is 13.3. The average molecular weight is 525 g/mol. The van der Waals surface area contributed by atoms with Crippen LogP contribution in [-0.2, 0) is 11.3 Å². The SMILES string of the molecule is O=C(C(Cl)Cl)N(Cc1ccc(F)cc1)c1ccnc(-c2cc(-c3c(Cl)cccc3Cl)no2)c1. The van der Waals surface area contributed by atoms with Gasteiger partial charge >= 0.3 is 0 Å². The smallest absolute Gasteiger partial charge is 0.260 e. The summed E-state index contributed by atoms with van der Waals surface area (Å²) in [5, 5.41) is 4.91. The van der Waals surface area contributed by atoms with Crippen LogP contribution in [0.4, 0.5) is 10.1 Å². The van der Waals surface area contributed by atoms with E-state index in [4.69, 9.17) is 50.9 Å². The molecule has 0 saturated carbocycles. The number of rotatable bonds is 6. The number of alkyl halides is 2. The Hall–Kier alpha value is -2.64. The molecule has 0 aliphatic heterocycles. The highest BCUT2D eigenvalue weighted by Crippen LogP contribution is 2.36. The molecule has 33 heavy (non-hydrogen) atoms. The van der Waals surface area contributed by atoms with E-state index in [-0.39, 0.29) is 12.4 Å². The lowest BCUT2D eigenvalue weighted by atomic mass is 10.1. The Bertz CT molecular complexity index is 1270. The van der Waals surface area contributed by atoms with Gasteiger partial charge in [0.2, 0.25) is 0 Å². The van der Waals surface area contributed by atoms with E-state index in [1.165, 1.54) is 23.2 Å². The van der Waals surface area contributed by atoms with Crippen LogP contribution >= 0.6 is 46.4 Å². The zero-order chi connectivity index (χ0) is 23.5. The number of hydrogen-bond acceptors (Lipinski definition) is 4. The number of aromatic nitrogens is 2. The molecule has 10 heteroatoms. The Morgan fingerprint density at radius 2 is 1.70 bits per heavy atom. The number of anilines is 1. The van der Waals surface area contributed by atoms with E-state index >= 15 is 0 Å². The van der Waals surface area contributed by atoms with Gasteiger partial charge in [0.15, 0.2) is 10.6 Å². The van der Waals surface area contributed by atoms with Crippen molar-refractivity contribution in [2.75, 3.05) is 4.90 Å². The molecule has 1 amide bonds. The molecule has 5 nitrogen and oxygen atoms in total. The van der Waals surface area contributed by atoms with Crippen LogP contribution in [0.25, 0.3) is 22.7 Å². The fourth-order valence-electron chi connectivity index (χ4n) is 3.16. The third kappa shape index (κ3) is 5.31. The first-order valence-corrected chi connectivity index (χ1v) is 11.2. The minimum Gasteiger partial charge on any atom is -0.354 e. The summed E-state index contributed by atoms with van der Waals surface area (Å²) < 4.78 is 18.7. The van der Waals surface area contributed by atoms with Gasteiger partial charge < -0.3 is 9.42 Å². The number of benzene rings is 2. The largest absolute Gasteiger partial charge is 0.354 e. The van der Waals surface area contributed by atoms with E-state index in [2.05, 4.69) is 10.1 Å². The fraction of sp³-hybridized carbons (Fsp3) is 0.0870. The van der Waals surface area contributed by atoms with Crippen LogP contribution in [0.3, 0.4) is 0 Å². The normalized spacial score (nSPS) is 11.1. The summed E-state index contributed by atoms with van der Waals surface area (Å²) in [6.45, 7) is 0.120. The molecule has 4 aromatic rings. The molecule has 0 unspecified atom stereocenters. The number of carbonyl (C=O) groups is 1. The van der Waals surface area contributed by atoms with E-state index in [0.29, 0.717) is 44.0 Å². The van der Waals surface area contributed by atoms with Crippen LogP contribution in [0.2, 0.25) is 10.0 Å². The van der Waals surface area contributed by atoms with Crippen LogP contribution in [0.15, 0.2) is 71.4 Å². The average Bonchev–Trinajstić information content (AvgIpc) is 3.28. The molecule has 2 aromatic heterocycles. The number of carbonyl (C=O) groups excluding carboxylic acids is 1. The first-order chi connectivity index (χ1) is 15.8. The zero-order valence-electron chi connectivity index (χ0n) is 16.7. The van der Waals surface area contributed by atoms with Gasteiger partial charge in [-0.15, -0.1) is 0 Å². The van der Waals surface area contributed by atoms with Gasteiger partial charge in [-0.1, -0.05) is 69.8 Å². The molecule has 0 fully saturated rings. The number of amides is 1. The van der Waals surface area contributed by atoms with Crippen LogP contribution in [0, 0.1) is 5.82 Å². The van der Waals surface area contributed by atoms with Crippen molar-refractivity contribution >= 4 is 58.0 Å². The highest BCUT2D eigenvalue weighted by molar-refractivity contribution is 6.54. The van der Waals surface area contributed by atoms with Crippen LogP contribution in [-0.4, -0.2) is 20.9 Å². The molecule has 2 heterocycles. The van der Waals surface area contributed by atoms with Crippen molar-refractivity contribution in [3.63, 3.8) is 0 Å². The first-order valence-electron chi connectivity index (χ1n) is 9.55. The van der Waals surface area contributed by atoms with Crippen molar-refractivity contribution in [3.05, 3.63) is 88.3 Å². The minimum atomic E-state index is -1.29. The second-order valence-electron chi connectivity index (χ2n) is 6.92. The maximum Gasteiger partial charge on any atom is 0.260 e. The van der Waals surface area contributed by atoms with Crippen LogP contribution in [0.5, 0.6) is 0 Å². The van der Waals surface area contributed by atoms with Crippen LogP contribution in [0.1, 0.15) is 5.56 Å². The predicted octanol–water partition coefficient (Wildman–Crippen LogP) is 7.19. The molecule has 0 saturated heterocycles. The summed E-state index contributed by atoms with van der Waals surface area (Å²) in [7, 11) is 0. The summed E-state index contributed by atoms with van der Waals surface area (Å²) in [5.74, 6) is -0.582. The maximum atomic E-state index is 13.3. The standard InChI is InChI=1S/C23H14Cl4FN3O2/c24-16-2-1-3-17(25)21(16)19-11-20(33-30-19)18-10-15(8-9-29-18)31(23(32)22(26)27)12-13-4-6-14(28)7-5-13/h1-11,22H,12H2. The summed E-state index contributed by atoms with van der Waals surface area (Å²) in [5.41, 5.74) is 2.54. The van der Waals surface area contributed by atoms with Crippen molar-refractivity contribution in [3.8, 4) is 22.7 Å². The Morgan fingerprint density at radius 3 is 2.36 bits per heavy atom. The van der Waals surface area contributed by atoms with Gasteiger partial charge in [-0.2, -0.15) is 0 Å². The van der Waals surface area contributed by atoms with Gasteiger partial charge in [0.05, 0.1) is 16.6 Å². The highest BCUT2D eigenvalue weighted by Gasteiger charge is 2.23. The van der Waals surface area contributed by atoms with E-state index < -0.39 is 10.7 Å². The Balaban J connectivity index is 1.69. The summed E-state index contributed by atoms with van der Waals surface area (Å²) in [6.07, 6.45) is 1.51. The Labute approximate surface area is 208 Å². The molecular formula is C23H14Cl4FN3O2. The quantitative estimate of drug-likeness (QED) is 0.250. The molecule has 0 radical (unpaired) electrons. The topological polar surface area (TPSA) is 59.2 Å². The zero-order valence-corrected chi connectivity index (χ0v) is 19.7. The van der Waals surface area contributed by atoms with Gasteiger partial charge in [0.1, 0.15) is 17.2 Å². The number of hydrogen-bond donors (Lipinski definition) is 0. The lowest BCUT2D eigenvalue weighted by Gasteiger charge is -2.23. The van der Waals surface area contributed by atoms with E-state index in [0.717, 1.165) is 0 Å². The molecule has 0 aliphatic rings. The predicted molar refractivity (Wildman–Crippen MR) is 128 cm³/mol. The van der Waals surface area contributed by atoms with Crippen molar-refractivity contribution in [2.24, 2.45) is 0 Å². The second-order valence-corrected chi connectivity index (χ2v) is 8.83. The molecule has 0 spiro atoms. The molecule has 4 rings (SSSR count). The second kappa shape index (κ2) is 10.1. The van der Waals surface area contributed by atoms with E-state index in [9.17, 15) is 9.18 Å². The molecule has 0 N–H and O–H groups in total. The summed E-state index contributed by atoms with van der Waals surface area (Å²) in [4.78, 5) is 17.1. The third-order valence-electron chi connectivity index (χ3n) is 4.74. The van der Waals surface area contributed by atoms with Gasteiger partial charge in [-0.05, 0) is 42.0 Å². The number of halogens is 5. The van der Waals surface area contributed by atoms with Gasteiger partial charge in [-0.3, -0.25) is 9.78 Å². The summed E-state index contributed by atoms with van der Waals surface area (Å²) in [6, 6.07) is 15.8. The number of nitrogens with zero attached hydrogens (tertiary/aromatic N) is 3. The van der Waals surface area contributed by atoms with Gasteiger partial charge in [0.25, 0.3) is 5.91 Å². The number of pyridine rings is 1. The Morgan fingerprint density at radius 1 is 1.00 bits per heavy atom. The first kappa shape index (κ1) is 23.5. The van der Waals surface area contributed by atoms with Crippen molar-refractivity contribution in [1.29, 1.82) is 0 Å². The van der Waals surface area contributed by atoms with E-state index in [1.807, 2.05) is 0 Å². The lowest BCUT2D eigenvalue weighted by Crippen LogP contribution is -2.34. The molecule has 2 aromatic carbocycles. The fourth-order valence-corrected chi connectivity index (χ4v) is 3.99. The minimum absolute atomic E-state index is 0.120.